The fraction of sp³-hybridized carbons (Fsp3) is 0.389. The molecule has 2 aromatic heterocycles. The number of aromatic nitrogens is 4. The lowest BCUT2D eigenvalue weighted by molar-refractivity contribution is 0.701. The molecule has 3 heterocycles. The number of fused-ring (bicyclic) bond motifs is 1. The van der Waals surface area contributed by atoms with E-state index >= 15 is 0 Å². The lowest BCUT2D eigenvalue weighted by atomic mass is 10.2. The first-order valence-corrected chi connectivity index (χ1v) is 9.86. The van der Waals surface area contributed by atoms with Crippen molar-refractivity contribution in [2.75, 3.05) is 18.0 Å². The van der Waals surface area contributed by atoms with Gasteiger partial charge in [0.25, 0.3) is 5.56 Å². The predicted octanol–water partition coefficient (Wildman–Crippen LogP) is 0.624. The summed E-state index contributed by atoms with van der Waals surface area (Å²) in [7, 11) is 3.15. The van der Waals surface area contributed by atoms with Crippen molar-refractivity contribution in [1.29, 1.82) is 0 Å². The maximum atomic E-state index is 12.9. The summed E-state index contributed by atoms with van der Waals surface area (Å²) in [5.74, 6) is 0.691. The second kappa shape index (κ2) is 6.79. The second-order valence-electron chi connectivity index (χ2n) is 6.96. The number of nitrogens with zero attached hydrogens (tertiary/aromatic N) is 5. The van der Waals surface area contributed by atoms with Crippen LogP contribution in [-0.2, 0) is 20.6 Å². The Bertz CT molecular complexity index is 1150. The molecule has 1 fully saturated rings. The van der Waals surface area contributed by atoms with Crippen molar-refractivity contribution >= 4 is 39.7 Å². The zero-order valence-corrected chi connectivity index (χ0v) is 17.4. The van der Waals surface area contributed by atoms with Crippen LogP contribution in [0.15, 0.2) is 33.9 Å². The number of halogens is 1. The smallest absolute Gasteiger partial charge is 0.332 e. The third-order valence-electron chi connectivity index (χ3n) is 5.12. The Kier molecular flexibility index (Phi) is 4.58. The number of anilines is 1. The summed E-state index contributed by atoms with van der Waals surface area (Å²) in [6.45, 7) is 1.97. The Labute approximate surface area is 169 Å². The Morgan fingerprint density at radius 2 is 1.96 bits per heavy atom. The van der Waals surface area contributed by atoms with Crippen molar-refractivity contribution < 1.29 is 0 Å². The van der Waals surface area contributed by atoms with Gasteiger partial charge in [-0.2, -0.15) is 4.98 Å². The third kappa shape index (κ3) is 2.98. The Morgan fingerprint density at radius 1 is 1.22 bits per heavy atom. The topological polar surface area (TPSA) is 91.1 Å². The maximum absolute atomic E-state index is 12.9. The van der Waals surface area contributed by atoms with Crippen LogP contribution < -0.4 is 21.9 Å². The molecule has 27 heavy (non-hydrogen) atoms. The molecule has 0 bridgehead atoms. The zero-order chi connectivity index (χ0) is 19.3. The van der Waals surface area contributed by atoms with Crippen LogP contribution in [0, 0.1) is 3.57 Å². The van der Waals surface area contributed by atoms with Crippen molar-refractivity contribution in [1.82, 2.24) is 18.7 Å². The molecule has 1 aromatic carbocycles. The van der Waals surface area contributed by atoms with Crippen molar-refractivity contribution in [3.05, 3.63) is 54.2 Å². The molecule has 0 saturated carbocycles. The largest absolute Gasteiger partial charge is 0.341 e. The van der Waals surface area contributed by atoms with Crippen LogP contribution >= 0.6 is 22.6 Å². The van der Waals surface area contributed by atoms with E-state index in [0.717, 1.165) is 26.7 Å². The summed E-state index contributed by atoms with van der Waals surface area (Å²) in [5.41, 5.74) is 7.32. The van der Waals surface area contributed by atoms with Crippen LogP contribution in [0.3, 0.4) is 0 Å². The van der Waals surface area contributed by atoms with Crippen LogP contribution in [0.4, 0.5) is 5.95 Å². The Morgan fingerprint density at radius 3 is 2.63 bits per heavy atom. The molecule has 3 aromatic rings. The SMILES string of the molecule is Cn1c(=O)c2c(nc(N3CC[C@H](N)C3)n2Cc2ccccc2I)n(C)c1=O. The minimum Gasteiger partial charge on any atom is -0.341 e. The average molecular weight is 480 g/mol. The lowest BCUT2D eigenvalue weighted by Crippen LogP contribution is -2.37. The Balaban J connectivity index is 2.00. The molecular weight excluding hydrogens is 459 g/mol. The standard InChI is InChI=1S/C18H21IN6O2/c1-22-15-14(16(26)23(2)18(22)27)25(9-11-5-3-4-6-13(11)19)17(21-15)24-8-7-12(20)10-24/h3-6,12H,7-10,20H2,1-2H3/t12-/m0/s1. The molecule has 1 aliphatic heterocycles. The first kappa shape index (κ1) is 18.2. The van der Waals surface area contributed by atoms with Crippen LogP contribution in [-0.4, -0.2) is 37.8 Å². The van der Waals surface area contributed by atoms with Crippen LogP contribution in [0.5, 0.6) is 0 Å². The van der Waals surface area contributed by atoms with E-state index in [0.29, 0.717) is 30.2 Å². The average Bonchev–Trinajstić information content (AvgIpc) is 3.24. The molecule has 0 aliphatic carbocycles. The van der Waals surface area contributed by atoms with Crippen molar-refractivity contribution in [3.8, 4) is 0 Å². The van der Waals surface area contributed by atoms with Gasteiger partial charge in [-0.1, -0.05) is 18.2 Å². The van der Waals surface area contributed by atoms with Gasteiger partial charge in [-0.15, -0.1) is 0 Å². The fourth-order valence-electron chi connectivity index (χ4n) is 3.59. The maximum Gasteiger partial charge on any atom is 0.332 e. The zero-order valence-electron chi connectivity index (χ0n) is 15.2. The van der Waals surface area contributed by atoms with Crippen molar-refractivity contribution in [2.24, 2.45) is 19.8 Å². The molecule has 8 nitrogen and oxygen atoms in total. The van der Waals surface area contributed by atoms with Gasteiger partial charge in [0.1, 0.15) is 0 Å². The van der Waals surface area contributed by atoms with E-state index in [1.807, 2.05) is 28.8 Å². The number of hydrogen-bond acceptors (Lipinski definition) is 5. The summed E-state index contributed by atoms with van der Waals surface area (Å²) in [5, 5.41) is 0. The van der Waals surface area contributed by atoms with Gasteiger partial charge in [0.15, 0.2) is 11.2 Å². The molecule has 142 valence electrons. The first-order chi connectivity index (χ1) is 12.9. The molecule has 2 N–H and O–H groups in total. The number of benzene rings is 1. The van der Waals surface area contributed by atoms with Gasteiger partial charge in [0, 0.05) is 36.8 Å². The lowest BCUT2D eigenvalue weighted by Gasteiger charge is -2.19. The highest BCUT2D eigenvalue weighted by Crippen LogP contribution is 2.25. The highest BCUT2D eigenvalue weighted by Gasteiger charge is 2.27. The first-order valence-electron chi connectivity index (χ1n) is 8.78. The van der Waals surface area contributed by atoms with Crippen LogP contribution in [0.25, 0.3) is 11.2 Å². The molecule has 9 heteroatoms. The molecule has 0 spiro atoms. The van der Waals surface area contributed by atoms with E-state index < -0.39 is 0 Å². The van der Waals surface area contributed by atoms with E-state index in [1.165, 1.54) is 11.6 Å². The minimum atomic E-state index is -0.379. The van der Waals surface area contributed by atoms with Crippen LogP contribution in [0.2, 0.25) is 0 Å². The predicted molar refractivity (Wildman–Crippen MR) is 113 cm³/mol. The van der Waals surface area contributed by atoms with Gasteiger partial charge in [0.05, 0.1) is 6.54 Å². The Hall–Kier alpha value is -2.14. The summed E-state index contributed by atoms with van der Waals surface area (Å²) in [6.07, 6.45) is 0.878. The van der Waals surface area contributed by atoms with Gasteiger partial charge in [0.2, 0.25) is 5.95 Å². The van der Waals surface area contributed by atoms with E-state index in [9.17, 15) is 9.59 Å². The van der Waals surface area contributed by atoms with Gasteiger partial charge in [-0.3, -0.25) is 18.5 Å². The minimum absolute atomic E-state index is 0.0850. The van der Waals surface area contributed by atoms with E-state index in [2.05, 4.69) is 27.5 Å². The van der Waals surface area contributed by atoms with Crippen molar-refractivity contribution in [2.45, 2.75) is 19.0 Å². The van der Waals surface area contributed by atoms with E-state index in [1.54, 1.807) is 7.05 Å². The molecule has 0 unspecified atom stereocenters. The highest BCUT2D eigenvalue weighted by atomic mass is 127. The highest BCUT2D eigenvalue weighted by molar-refractivity contribution is 14.1. The quantitative estimate of drug-likeness (QED) is 0.556. The summed E-state index contributed by atoms with van der Waals surface area (Å²) in [4.78, 5) is 32.1. The van der Waals surface area contributed by atoms with Crippen LogP contribution in [0.1, 0.15) is 12.0 Å². The number of hydrogen-bond donors (Lipinski definition) is 1. The number of imidazole rings is 1. The molecule has 1 saturated heterocycles. The molecule has 0 amide bonds. The summed E-state index contributed by atoms with van der Waals surface area (Å²) in [6, 6.07) is 8.13. The number of rotatable bonds is 3. The molecule has 0 radical (unpaired) electrons. The molecule has 4 rings (SSSR count). The van der Waals surface area contributed by atoms with E-state index in [4.69, 9.17) is 10.7 Å². The molecular formula is C18H21IN6O2. The second-order valence-corrected chi connectivity index (χ2v) is 8.12. The third-order valence-corrected chi connectivity index (χ3v) is 6.17. The van der Waals surface area contributed by atoms with Crippen molar-refractivity contribution in [3.63, 3.8) is 0 Å². The monoisotopic (exact) mass is 480 g/mol. The molecule has 1 aliphatic rings. The van der Waals surface area contributed by atoms with E-state index in [-0.39, 0.29) is 17.3 Å². The summed E-state index contributed by atoms with van der Waals surface area (Å²) < 4.78 is 5.60. The summed E-state index contributed by atoms with van der Waals surface area (Å²) >= 11 is 2.29. The number of aryl methyl sites for hydroxylation is 1. The van der Waals surface area contributed by atoms with Gasteiger partial charge >= 0.3 is 5.69 Å². The molecule has 1 atom stereocenters. The normalized spacial score (nSPS) is 17.2. The fourth-order valence-corrected chi connectivity index (χ4v) is 4.15. The number of nitrogens with two attached hydrogens (primary N) is 1. The van der Waals surface area contributed by atoms with Gasteiger partial charge < -0.3 is 10.6 Å². The van der Waals surface area contributed by atoms with Gasteiger partial charge in [-0.25, -0.2) is 4.79 Å². The van der Waals surface area contributed by atoms with Gasteiger partial charge in [-0.05, 0) is 40.6 Å².